The molecule has 162 valence electrons. The molecule has 0 aliphatic carbocycles. The molecule has 30 heavy (non-hydrogen) atoms. The summed E-state index contributed by atoms with van der Waals surface area (Å²) in [7, 11) is 0. The first kappa shape index (κ1) is 21.8. The van der Waals surface area contributed by atoms with Gasteiger partial charge in [0, 0.05) is 39.1 Å². The van der Waals surface area contributed by atoms with Crippen molar-refractivity contribution in [3.8, 4) is 0 Å². The molecule has 2 N–H and O–H groups in total. The van der Waals surface area contributed by atoms with Crippen molar-refractivity contribution in [3.05, 3.63) is 54.2 Å². The predicted octanol–water partition coefficient (Wildman–Crippen LogP) is 2.29. The number of furan rings is 1. The fraction of sp³-hybridized carbons (Fsp3) is 0.429. The second kappa shape index (κ2) is 11.3. The summed E-state index contributed by atoms with van der Waals surface area (Å²) in [4.78, 5) is 28.6. The Morgan fingerprint density at radius 2 is 1.93 bits per heavy atom. The maximum absolute atomic E-state index is 13.9. The highest BCUT2D eigenvalue weighted by Crippen LogP contribution is 2.14. The van der Waals surface area contributed by atoms with Crippen molar-refractivity contribution in [2.45, 2.75) is 13.0 Å². The molecule has 1 saturated heterocycles. The Kier molecular flexibility index (Phi) is 8.22. The summed E-state index contributed by atoms with van der Waals surface area (Å²) in [5.41, 5.74) is 0.0851. The molecular formula is C21H27FN4O4. The molecule has 1 fully saturated rings. The molecule has 3 rings (SSSR count). The van der Waals surface area contributed by atoms with E-state index in [0.717, 1.165) is 19.6 Å². The zero-order valence-corrected chi connectivity index (χ0v) is 16.8. The number of carbonyl (C=O) groups is 2. The molecule has 1 aromatic heterocycles. The van der Waals surface area contributed by atoms with Gasteiger partial charge >= 0.3 is 6.03 Å². The summed E-state index contributed by atoms with van der Waals surface area (Å²) in [6, 6.07) is 8.90. The quantitative estimate of drug-likeness (QED) is 0.653. The van der Waals surface area contributed by atoms with Crippen LogP contribution in [0.2, 0.25) is 0 Å². The van der Waals surface area contributed by atoms with Crippen molar-refractivity contribution in [1.82, 2.24) is 15.1 Å². The number of carbonyl (C=O) groups excluding carboxylic acids is 2. The zero-order chi connectivity index (χ0) is 21.2. The lowest BCUT2D eigenvalue weighted by molar-refractivity contribution is -0.121. The predicted molar refractivity (Wildman–Crippen MR) is 109 cm³/mol. The summed E-state index contributed by atoms with van der Waals surface area (Å²) >= 11 is 0. The molecule has 0 spiro atoms. The van der Waals surface area contributed by atoms with Crippen molar-refractivity contribution in [3.63, 3.8) is 0 Å². The largest absolute Gasteiger partial charge is 0.467 e. The van der Waals surface area contributed by atoms with E-state index in [4.69, 9.17) is 9.15 Å². The van der Waals surface area contributed by atoms with Gasteiger partial charge in [0.05, 0.1) is 31.7 Å². The van der Waals surface area contributed by atoms with E-state index in [1.807, 2.05) is 0 Å². The summed E-state index contributed by atoms with van der Waals surface area (Å²) in [6.07, 6.45) is 1.65. The molecule has 8 nitrogen and oxygen atoms in total. The van der Waals surface area contributed by atoms with E-state index in [9.17, 15) is 14.0 Å². The van der Waals surface area contributed by atoms with E-state index in [2.05, 4.69) is 15.5 Å². The molecule has 1 aliphatic heterocycles. The topological polar surface area (TPSA) is 87.0 Å². The van der Waals surface area contributed by atoms with Crippen LogP contribution in [0.1, 0.15) is 12.2 Å². The van der Waals surface area contributed by atoms with Gasteiger partial charge in [-0.05, 0) is 24.3 Å². The smallest absolute Gasteiger partial charge is 0.322 e. The second-order valence-corrected chi connectivity index (χ2v) is 6.96. The van der Waals surface area contributed by atoms with Gasteiger partial charge in [-0.25, -0.2) is 9.18 Å². The molecule has 0 bridgehead atoms. The summed E-state index contributed by atoms with van der Waals surface area (Å²) in [5, 5.41) is 5.43. The van der Waals surface area contributed by atoms with Gasteiger partial charge in [0.1, 0.15) is 11.6 Å². The van der Waals surface area contributed by atoms with Crippen LogP contribution >= 0.6 is 0 Å². The Morgan fingerprint density at radius 1 is 1.13 bits per heavy atom. The van der Waals surface area contributed by atoms with Crippen LogP contribution in [-0.2, 0) is 16.1 Å². The number of amides is 3. The van der Waals surface area contributed by atoms with E-state index in [1.54, 1.807) is 24.3 Å². The van der Waals surface area contributed by atoms with Gasteiger partial charge in [-0.15, -0.1) is 0 Å². The summed E-state index contributed by atoms with van der Waals surface area (Å²) < 4.78 is 24.5. The minimum atomic E-state index is -0.523. The van der Waals surface area contributed by atoms with Crippen LogP contribution in [0.5, 0.6) is 0 Å². The van der Waals surface area contributed by atoms with E-state index in [-0.39, 0.29) is 31.1 Å². The van der Waals surface area contributed by atoms with Crippen molar-refractivity contribution in [2.75, 3.05) is 51.3 Å². The molecule has 2 heterocycles. The highest BCUT2D eigenvalue weighted by atomic mass is 19.1. The number of morpholine rings is 1. The van der Waals surface area contributed by atoms with Gasteiger partial charge in [-0.2, -0.15) is 0 Å². The first-order valence-electron chi connectivity index (χ1n) is 10.0. The fourth-order valence-corrected chi connectivity index (χ4v) is 3.10. The first-order valence-corrected chi connectivity index (χ1v) is 10.0. The van der Waals surface area contributed by atoms with Crippen molar-refractivity contribution < 1.29 is 23.1 Å². The lowest BCUT2D eigenvalue weighted by Gasteiger charge is -2.26. The number of ether oxygens (including phenoxy) is 1. The Balaban J connectivity index is 1.49. The van der Waals surface area contributed by atoms with E-state index in [1.165, 1.54) is 23.3 Å². The number of halogens is 1. The standard InChI is InChI=1S/C21H27FN4O4/c22-18-5-1-2-6-19(18)24-21(28)26(16-17-4-3-13-30-17)9-7-20(27)23-8-10-25-11-14-29-15-12-25/h1-6,13H,7-12,14-16H2,(H,23,27)(H,24,28). The second-order valence-electron chi connectivity index (χ2n) is 6.96. The zero-order valence-electron chi connectivity index (χ0n) is 16.8. The van der Waals surface area contributed by atoms with E-state index < -0.39 is 11.8 Å². The highest BCUT2D eigenvalue weighted by Gasteiger charge is 2.18. The summed E-state index contributed by atoms with van der Waals surface area (Å²) in [5.74, 6) is -0.0949. The maximum Gasteiger partial charge on any atom is 0.322 e. The molecule has 0 unspecified atom stereocenters. The molecule has 0 saturated carbocycles. The number of anilines is 1. The number of para-hydroxylation sites is 1. The maximum atomic E-state index is 13.9. The van der Waals surface area contributed by atoms with Crippen molar-refractivity contribution >= 4 is 17.6 Å². The average Bonchev–Trinajstić information content (AvgIpc) is 3.26. The van der Waals surface area contributed by atoms with Gasteiger partial charge in [-0.1, -0.05) is 12.1 Å². The normalized spacial score (nSPS) is 14.3. The number of nitrogens with one attached hydrogen (secondary N) is 2. The van der Waals surface area contributed by atoms with Crippen LogP contribution in [0.3, 0.4) is 0 Å². The van der Waals surface area contributed by atoms with Crippen LogP contribution in [0, 0.1) is 5.82 Å². The minimum absolute atomic E-state index is 0.0851. The number of benzene rings is 1. The highest BCUT2D eigenvalue weighted by molar-refractivity contribution is 5.89. The van der Waals surface area contributed by atoms with Crippen LogP contribution in [0.4, 0.5) is 14.9 Å². The van der Waals surface area contributed by atoms with Crippen LogP contribution in [0.25, 0.3) is 0 Å². The molecule has 1 aliphatic rings. The van der Waals surface area contributed by atoms with Crippen LogP contribution in [0.15, 0.2) is 47.1 Å². The Bertz CT molecular complexity index is 809. The monoisotopic (exact) mass is 418 g/mol. The van der Waals surface area contributed by atoms with Gasteiger partial charge in [0.2, 0.25) is 5.91 Å². The average molecular weight is 418 g/mol. The third kappa shape index (κ3) is 6.85. The van der Waals surface area contributed by atoms with Crippen molar-refractivity contribution in [1.29, 1.82) is 0 Å². The lowest BCUT2D eigenvalue weighted by Crippen LogP contribution is -2.42. The molecule has 0 atom stereocenters. The number of nitrogens with zero attached hydrogens (tertiary/aromatic N) is 2. The minimum Gasteiger partial charge on any atom is -0.467 e. The van der Waals surface area contributed by atoms with Crippen molar-refractivity contribution in [2.24, 2.45) is 0 Å². The van der Waals surface area contributed by atoms with Gasteiger partial charge in [0.15, 0.2) is 0 Å². The van der Waals surface area contributed by atoms with Crippen LogP contribution in [-0.4, -0.2) is 67.7 Å². The third-order valence-corrected chi connectivity index (χ3v) is 4.79. The molecule has 2 aromatic rings. The molecule has 3 amide bonds. The van der Waals surface area contributed by atoms with Gasteiger partial charge in [-0.3, -0.25) is 9.69 Å². The number of hydrogen-bond acceptors (Lipinski definition) is 5. The fourth-order valence-electron chi connectivity index (χ4n) is 3.10. The Hall–Kier alpha value is -2.91. The third-order valence-electron chi connectivity index (χ3n) is 4.79. The van der Waals surface area contributed by atoms with Gasteiger partial charge < -0.3 is 24.7 Å². The SMILES string of the molecule is O=C(CCN(Cc1ccco1)C(=O)Nc1ccccc1F)NCCN1CCOCC1. The first-order chi connectivity index (χ1) is 14.6. The molecule has 9 heteroatoms. The Labute approximate surface area is 175 Å². The summed E-state index contributed by atoms with van der Waals surface area (Å²) in [6.45, 7) is 4.81. The molecular weight excluding hydrogens is 391 g/mol. The lowest BCUT2D eigenvalue weighted by atomic mass is 10.3. The number of rotatable bonds is 9. The number of urea groups is 1. The van der Waals surface area contributed by atoms with E-state index in [0.29, 0.717) is 25.5 Å². The Morgan fingerprint density at radius 3 is 2.67 bits per heavy atom. The number of hydrogen-bond donors (Lipinski definition) is 2. The van der Waals surface area contributed by atoms with Crippen LogP contribution < -0.4 is 10.6 Å². The van der Waals surface area contributed by atoms with E-state index >= 15 is 0 Å². The molecule has 0 radical (unpaired) electrons. The van der Waals surface area contributed by atoms with Gasteiger partial charge in [0.25, 0.3) is 0 Å². The molecule has 1 aromatic carbocycles.